The highest BCUT2D eigenvalue weighted by molar-refractivity contribution is 5.94. The van der Waals surface area contributed by atoms with Crippen LogP contribution in [0.15, 0.2) is 12.5 Å². The fraction of sp³-hybridized carbons (Fsp3) is 0.682. The number of aromatic nitrogens is 2. The van der Waals surface area contributed by atoms with Crippen LogP contribution in [0.1, 0.15) is 52.7 Å². The summed E-state index contributed by atoms with van der Waals surface area (Å²) in [6.07, 6.45) is 4.47. The molecule has 1 rings (SSSR count). The van der Waals surface area contributed by atoms with Crippen LogP contribution < -0.4 is 27.4 Å². The molecule has 0 fully saturated rings. The number of carboxylic acids is 1. The van der Waals surface area contributed by atoms with Gasteiger partial charge in [0.2, 0.25) is 17.7 Å². The van der Waals surface area contributed by atoms with Gasteiger partial charge < -0.3 is 37.5 Å². The lowest BCUT2D eigenvalue weighted by atomic mass is 10.00. The largest absolute Gasteiger partial charge is 0.480 e. The number of unbranched alkanes of at least 4 members (excludes halogenated alkanes) is 1. The third kappa shape index (κ3) is 9.48. The number of carbonyl (C=O) groups is 4. The lowest BCUT2D eigenvalue weighted by molar-refractivity contribution is -0.142. The second kappa shape index (κ2) is 14.3. The van der Waals surface area contributed by atoms with Crippen molar-refractivity contribution in [2.45, 2.75) is 77.5 Å². The zero-order chi connectivity index (χ0) is 25.8. The molecular formula is C22H39N7O5. The van der Waals surface area contributed by atoms with Gasteiger partial charge in [-0.3, -0.25) is 14.4 Å². The van der Waals surface area contributed by atoms with Gasteiger partial charge in [0.25, 0.3) is 0 Å². The van der Waals surface area contributed by atoms with Crippen molar-refractivity contribution in [2.24, 2.45) is 23.3 Å². The molecule has 1 aromatic rings. The number of H-pyrrole nitrogens is 1. The molecule has 4 atom stereocenters. The normalized spacial score (nSPS) is 14.8. The number of hydrogen-bond acceptors (Lipinski definition) is 7. The van der Waals surface area contributed by atoms with Crippen molar-refractivity contribution in [1.82, 2.24) is 25.9 Å². The summed E-state index contributed by atoms with van der Waals surface area (Å²) in [4.78, 5) is 56.8. The zero-order valence-electron chi connectivity index (χ0n) is 20.3. The molecule has 12 nitrogen and oxygen atoms in total. The second-order valence-electron chi connectivity index (χ2n) is 9.03. The Balaban J connectivity index is 2.93. The van der Waals surface area contributed by atoms with Crippen molar-refractivity contribution < 1.29 is 24.3 Å². The number of aliphatic carboxylic acids is 1. The molecule has 1 aromatic heterocycles. The van der Waals surface area contributed by atoms with Crippen molar-refractivity contribution in [2.75, 3.05) is 6.54 Å². The fourth-order valence-corrected chi connectivity index (χ4v) is 3.20. The molecule has 0 saturated heterocycles. The highest BCUT2D eigenvalue weighted by atomic mass is 16.4. The van der Waals surface area contributed by atoms with Crippen LogP contribution in [0, 0.1) is 11.8 Å². The number of nitrogens with two attached hydrogens (primary N) is 2. The first kappa shape index (κ1) is 29.0. The number of imidazole rings is 1. The number of aromatic amines is 1. The summed E-state index contributed by atoms with van der Waals surface area (Å²) in [5, 5.41) is 17.3. The highest BCUT2D eigenvalue weighted by Crippen LogP contribution is 2.08. The standard InChI is InChI=1S/C22H39N7O5/c1-12(2)17(24)20(31)27-15(7-5-6-8-23)19(30)29-18(13(3)4)21(32)28-16(22(33)34)9-14-10-25-11-26-14/h10-13,15-18H,5-9,23-24H2,1-4H3,(H,25,26)(H,27,31)(H,28,32)(H,29,30)(H,33,34). The van der Waals surface area contributed by atoms with E-state index in [-0.39, 0.29) is 18.3 Å². The van der Waals surface area contributed by atoms with Gasteiger partial charge in [-0.2, -0.15) is 0 Å². The van der Waals surface area contributed by atoms with Crippen LogP contribution in [0.5, 0.6) is 0 Å². The molecule has 1 heterocycles. The van der Waals surface area contributed by atoms with Gasteiger partial charge in [-0.25, -0.2) is 9.78 Å². The molecule has 12 heteroatoms. The number of amides is 3. The van der Waals surface area contributed by atoms with E-state index in [4.69, 9.17) is 11.5 Å². The quantitative estimate of drug-likeness (QED) is 0.158. The Bertz CT molecular complexity index is 798. The van der Waals surface area contributed by atoms with Gasteiger partial charge in [0.1, 0.15) is 18.1 Å². The molecule has 0 bridgehead atoms. The molecule has 192 valence electrons. The third-order valence-corrected chi connectivity index (χ3v) is 5.44. The summed E-state index contributed by atoms with van der Waals surface area (Å²) in [6, 6.07) is -3.91. The van der Waals surface area contributed by atoms with Gasteiger partial charge in [0, 0.05) is 18.3 Å². The van der Waals surface area contributed by atoms with Crippen LogP contribution in [-0.4, -0.2) is 69.5 Å². The smallest absolute Gasteiger partial charge is 0.326 e. The van der Waals surface area contributed by atoms with Gasteiger partial charge in [-0.05, 0) is 37.6 Å². The summed E-state index contributed by atoms with van der Waals surface area (Å²) < 4.78 is 0. The Labute approximate surface area is 200 Å². The Hall–Kier alpha value is -2.99. The number of nitrogens with zero attached hydrogens (tertiary/aromatic N) is 1. The van der Waals surface area contributed by atoms with E-state index >= 15 is 0 Å². The van der Waals surface area contributed by atoms with E-state index in [2.05, 4.69) is 25.9 Å². The summed E-state index contributed by atoms with van der Waals surface area (Å²) >= 11 is 0. The molecular weight excluding hydrogens is 442 g/mol. The van der Waals surface area contributed by atoms with Crippen molar-refractivity contribution >= 4 is 23.7 Å². The van der Waals surface area contributed by atoms with Crippen LogP contribution in [0.25, 0.3) is 0 Å². The van der Waals surface area contributed by atoms with E-state index < -0.39 is 47.9 Å². The minimum Gasteiger partial charge on any atom is -0.480 e. The maximum Gasteiger partial charge on any atom is 0.326 e. The predicted molar refractivity (Wildman–Crippen MR) is 126 cm³/mol. The molecule has 0 aliphatic rings. The fourth-order valence-electron chi connectivity index (χ4n) is 3.20. The summed E-state index contributed by atoms with van der Waals surface area (Å²) in [5.74, 6) is -3.32. The molecule has 0 aromatic carbocycles. The van der Waals surface area contributed by atoms with E-state index in [1.54, 1.807) is 27.7 Å². The molecule has 9 N–H and O–H groups in total. The molecule has 0 aliphatic heterocycles. The van der Waals surface area contributed by atoms with Gasteiger partial charge in [0.05, 0.1) is 12.4 Å². The Kier molecular flexibility index (Phi) is 12.2. The van der Waals surface area contributed by atoms with Crippen molar-refractivity contribution in [1.29, 1.82) is 0 Å². The minimum absolute atomic E-state index is 0.00466. The van der Waals surface area contributed by atoms with Gasteiger partial charge in [-0.1, -0.05) is 27.7 Å². The number of carboxylic acid groups (broad SMARTS) is 1. The SMILES string of the molecule is CC(C)C(N)C(=O)NC(CCCCN)C(=O)NC(C(=O)NC(Cc1cnc[nH]1)C(=O)O)C(C)C. The van der Waals surface area contributed by atoms with Crippen LogP contribution in [0.3, 0.4) is 0 Å². The van der Waals surface area contributed by atoms with Crippen molar-refractivity contribution in [3.05, 3.63) is 18.2 Å². The Morgan fingerprint density at radius 1 is 0.971 bits per heavy atom. The molecule has 0 aliphatic carbocycles. The molecule has 0 spiro atoms. The molecule has 4 unspecified atom stereocenters. The van der Waals surface area contributed by atoms with Crippen LogP contribution in [0.2, 0.25) is 0 Å². The van der Waals surface area contributed by atoms with Gasteiger partial charge >= 0.3 is 5.97 Å². The lowest BCUT2D eigenvalue weighted by Crippen LogP contribution is -2.59. The first-order chi connectivity index (χ1) is 16.0. The summed E-state index contributed by atoms with van der Waals surface area (Å²) in [5.41, 5.74) is 12.0. The zero-order valence-corrected chi connectivity index (χ0v) is 20.3. The average molecular weight is 482 g/mol. The predicted octanol–water partition coefficient (Wildman–Crippen LogP) is -0.740. The molecule has 3 amide bonds. The van der Waals surface area contributed by atoms with E-state index in [1.807, 2.05) is 0 Å². The molecule has 0 saturated carbocycles. The van der Waals surface area contributed by atoms with Gasteiger partial charge in [-0.15, -0.1) is 0 Å². The maximum absolute atomic E-state index is 13.1. The monoisotopic (exact) mass is 481 g/mol. The molecule has 34 heavy (non-hydrogen) atoms. The number of hydrogen-bond donors (Lipinski definition) is 7. The number of nitrogens with one attached hydrogen (secondary N) is 4. The lowest BCUT2D eigenvalue weighted by Gasteiger charge is -2.27. The summed E-state index contributed by atoms with van der Waals surface area (Å²) in [7, 11) is 0. The van der Waals surface area contributed by atoms with Crippen molar-refractivity contribution in [3.63, 3.8) is 0 Å². The second-order valence-corrected chi connectivity index (χ2v) is 9.03. The van der Waals surface area contributed by atoms with Crippen LogP contribution >= 0.6 is 0 Å². The minimum atomic E-state index is -1.22. The highest BCUT2D eigenvalue weighted by Gasteiger charge is 2.32. The first-order valence-corrected chi connectivity index (χ1v) is 11.5. The van der Waals surface area contributed by atoms with E-state index in [9.17, 15) is 24.3 Å². The van der Waals surface area contributed by atoms with E-state index in [1.165, 1.54) is 12.5 Å². The number of carbonyl (C=O) groups excluding carboxylic acids is 3. The Morgan fingerprint density at radius 2 is 1.62 bits per heavy atom. The van der Waals surface area contributed by atoms with E-state index in [0.717, 1.165) is 0 Å². The van der Waals surface area contributed by atoms with Gasteiger partial charge in [0.15, 0.2) is 0 Å². The van der Waals surface area contributed by atoms with Crippen LogP contribution in [0.4, 0.5) is 0 Å². The molecule has 0 radical (unpaired) electrons. The van der Waals surface area contributed by atoms with Crippen LogP contribution in [-0.2, 0) is 25.6 Å². The Morgan fingerprint density at radius 3 is 2.12 bits per heavy atom. The van der Waals surface area contributed by atoms with E-state index in [0.29, 0.717) is 31.5 Å². The third-order valence-electron chi connectivity index (χ3n) is 5.44. The summed E-state index contributed by atoms with van der Waals surface area (Å²) in [6.45, 7) is 7.50. The maximum atomic E-state index is 13.1. The number of rotatable bonds is 15. The average Bonchev–Trinajstić information content (AvgIpc) is 3.28. The first-order valence-electron chi connectivity index (χ1n) is 11.5. The topological polar surface area (TPSA) is 205 Å². The van der Waals surface area contributed by atoms with Crippen molar-refractivity contribution in [3.8, 4) is 0 Å².